The molecule has 1 aromatic carbocycles. The third kappa shape index (κ3) is 4.00. The van der Waals surface area contributed by atoms with Crippen LogP contribution in [0.4, 0.5) is 13.2 Å². The molecule has 0 unspecified atom stereocenters. The van der Waals surface area contributed by atoms with Gasteiger partial charge in [0.25, 0.3) is 5.89 Å². The number of nitrogens with zero attached hydrogens (tertiary/aromatic N) is 6. The van der Waals surface area contributed by atoms with E-state index in [2.05, 4.69) is 32.4 Å². The maximum atomic E-state index is 14.4. The fourth-order valence-corrected chi connectivity index (χ4v) is 2.71. The van der Waals surface area contributed by atoms with Crippen molar-refractivity contribution in [3.63, 3.8) is 0 Å². The van der Waals surface area contributed by atoms with Crippen molar-refractivity contribution in [2.24, 2.45) is 0 Å². The second kappa shape index (κ2) is 7.82. The number of pyridine rings is 1. The number of aromatic nitrogens is 6. The SMILES string of the molecule is CCc1ccc(-c2cn(Cc3ncc(-c4nnc(C(F)F)o4)cc3F)nn2)cc1. The molecule has 0 fully saturated rings. The number of benzene rings is 1. The van der Waals surface area contributed by atoms with Gasteiger partial charge in [-0.3, -0.25) is 4.98 Å². The highest BCUT2D eigenvalue weighted by molar-refractivity contribution is 5.58. The monoisotopic (exact) mass is 400 g/mol. The van der Waals surface area contributed by atoms with Gasteiger partial charge in [-0.25, -0.2) is 9.07 Å². The summed E-state index contributed by atoms with van der Waals surface area (Å²) in [7, 11) is 0. The lowest BCUT2D eigenvalue weighted by atomic mass is 10.1. The average Bonchev–Trinajstić information content (AvgIpc) is 3.40. The maximum absolute atomic E-state index is 14.4. The van der Waals surface area contributed by atoms with E-state index in [-0.39, 0.29) is 23.7 Å². The lowest BCUT2D eigenvalue weighted by Gasteiger charge is -2.03. The van der Waals surface area contributed by atoms with Crippen molar-refractivity contribution in [3.05, 3.63) is 65.7 Å². The molecule has 148 valence electrons. The Morgan fingerprint density at radius 2 is 1.86 bits per heavy atom. The summed E-state index contributed by atoms with van der Waals surface area (Å²) in [5, 5.41) is 14.8. The molecule has 4 aromatic rings. The fraction of sp³-hybridized carbons (Fsp3) is 0.211. The predicted molar refractivity (Wildman–Crippen MR) is 96.4 cm³/mol. The van der Waals surface area contributed by atoms with Gasteiger partial charge in [0.2, 0.25) is 5.89 Å². The zero-order valence-electron chi connectivity index (χ0n) is 15.3. The zero-order chi connectivity index (χ0) is 20.4. The zero-order valence-corrected chi connectivity index (χ0v) is 15.3. The van der Waals surface area contributed by atoms with Crippen LogP contribution in [0, 0.1) is 5.82 Å². The Bertz CT molecular complexity index is 1120. The lowest BCUT2D eigenvalue weighted by molar-refractivity contribution is 0.116. The minimum absolute atomic E-state index is 0.0538. The molecule has 7 nitrogen and oxygen atoms in total. The summed E-state index contributed by atoms with van der Waals surface area (Å²) in [6.45, 7) is 2.13. The van der Waals surface area contributed by atoms with Crippen LogP contribution in [-0.4, -0.2) is 30.2 Å². The van der Waals surface area contributed by atoms with E-state index >= 15 is 0 Å². The van der Waals surface area contributed by atoms with Crippen molar-refractivity contribution >= 4 is 0 Å². The van der Waals surface area contributed by atoms with Crippen LogP contribution in [0.3, 0.4) is 0 Å². The summed E-state index contributed by atoms with van der Waals surface area (Å²) in [6, 6.07) is 9.06. The van der Waals surface area contributed by atoms with Crippen molar-refractivity contribution in [3.8, 4) is 22.7 Å². The number of alkyl halides is 2. The topological polar surface area (TPSA) is 82.5 Å². The normalized spacial score (nSPS) is 11.3. The Kier molecular flexibility index (Phi) is 5.07. The molecule has 0 aliphatic rings. The van der Waals surface area contributed by atoms with E-state index < -0.39 is 18.1 Å². The average molecular weight is 400 g/mol. The van der Waals surface area contributed by atoms with Crippen molar-refractivity contribution in [1.29, 1.82) is 0 Å². The van der Waals surface area contributed by atoms with Crippen LogP contribution in [0.25, 0.3) is 22.7 Å². The minimum atomic E-state index is -2.90. The molecule has 0 aliphatic heterocycles. The second-order valence-corrected chi connectivity index (χ2v) is 6.25. The van der Waals surface area contributed by atoms with E-state index in [1.807, 2.05) is 24.3 Å². The molecular weight excluding hydrogens is 385 g/mol. The van der Waals surface area contributed by atoms with Gasteiger partial charge in [0.05, 0.1) is 24.0 Å². The van der Waals surface area contributed by atoms with Gasteiger partial charge >= 0.3 is 6.43 Å². The highest BCUT2D eigenvalue weighted by Crippen LogP contribution is 2.24. The first kappa shape index (κ1) is 18.8. The van der Waals surface area contributed by atoms with Crippen molar-refractivity contribution in [1.82, 2.24) is 30.2 Å². The predicted octanol–water partition coefficient (Wildman–Crippen LogP) is 4.08. The largest absolute Gasteiger partial charge is 0.415 e. The second-order valence-electron chi connectivity index (χ2n) is 6.25. The molecule has 0 bridgehead atoms. The van der Waals surface area contributed by atoms with Crippen LogP contribution in [0.5, 0.6) is 0 Å². The quantitative estimate of drug-likeness (QED) is 0.485. The number of aryl methyl sites for hydroxylation is 1. The van der Waals surface area contributed by atoms with E-state index in [9.17, 15) is 13.2 Å². The first-order chi connectivity index (χ1) is 14.0. The first-order valence-corrected chi connectivity index (χ1v) is 8.79. The van der Waals surface area contributed by atoms with Gasteiger partial charge in [-0.2, -0.15) is 8.78 Å². The number of hydrogen-bond acceptors (Lipinski definition) is 6. The van der Waals surface area contributed by atoms with Crippen molar-refractivity contribution in [2.75, 3.05) is 0 Å². The van der Waals surface area contributed by atoms with Gasteiger partial charge in [0, 0.05) is 11.8 Å². The van der Waals surface area contributed by atoms with Gasteiger partial charge in [-0.05, 0) is 18.1 Å². The van der Waals surface area contributed by atoms with Crippen LogP contribution in [0.15, 0.2) is 47.1 Å². The molecule has 10 heteroatoms. The summed E-state index contributed by atoms with van der Waals surface area (Å²) in [5.41, 5.74) is 3.01. The molecule has 0 aliphatic carbocycles. The standard InChI is InChI=1S/C19H15F3N6O/c1-2-11-3-5-12(6-4-11)15-9-28(27-24-15)10-16-14(20)7-13(8-23-16)18-25-26-19(29-18)17(21)22/h3-9,17H,2,10H2,1H3. The van der Waals surface area contributed by atoms with Crippen LogP contribution < -0.4 is 0 Å². The number of halogens is 3. The van der Waals surface area contributed by atoms with Gasteiger partial charge < -0.3 is 4.42 Å². The molecule has 29 heavy (non-hydrogen) atoms. The molecule has 0 saturated heterocycles. The highest BCUT2D eigenvalue weighted by atomic mass is 19.3. The van der Waals surface area contributed by atoms with E-state index in [1.165, 1.54) is 16.4 Å². The first-order valence-electron chi connectivity index (χ1n) is 8.79. The van der Waals surface area contributed by atoms with Crippen LogP contribution >= 0.6 is 0 Å². The van der Waals surface area contributed by atoms with Crippen molar-refractivity contribution in [2.45, 2.75) is 26.3 Å². The molecule has 0 spiro atoms. The summed E-state index contributed by atoms with van der Waals surface area (Å²) in [5.74, 6) is -1.70. The summed E-state index contributed by atoms with van der Waals surface area (Å²) in [4.78, 5) is 4.03. The molecule has 4 rings (SSSR count). The Hall–Kier alpha value is -3.56. The van der Waals surface area contributed by atoms with E-state index in [0.717, 1.165) is 18.1 Å². The Balaban J connectivity index is 1.51. The Labute approximate surface area is 163 Å². The maximum Gasteiger partial charge on any atom is 0.314 e. The smallest absolute Gasteiger partial charge is 0.314 e. The van der Waals surface area contributed by atoms with Crippen LogP contribution in [0.1, 0.15) is 30.5 Å². The van der Waals surface area contributed by atoms with E-state index in [0.29, 0.717) is 5.69 Å². The molecule has 0 atom stereocenters. The highest BCUT2D eigenvalue weighted by Gasteiger charge is 2.18. The molecular formula is C19H15F3N6O. The lowest BCUT2D eigenvalue weighted by Crippen LogP contribution is -2.05. The molecule has 0 saturated carbocycles. The van der Waals surface area contributed by atoms with Gasteiger partial charge in [-0.15, -0.1) is 15.3 Å². The number of rotatable bonds is 6. The van der Waals surface area contributed by atoms with Crippen LogP contribution in [-0.2, 0) is 13.0 Å². The van der Waals surface area contributed by atoms with E-state index in [1.54, 1.807) is 6.20 Å². The van der Waals surface area contributed by atoms with E-state index in [4.69, 9.17) is 4.42 Å². The van der Waals surface area contributed by atoms with Crippen LogP contribution in [0.2, 0.25) is 0 Å². The van der Waals surface area contributed by atoms with Gasteiger partial charge in [-0.1, -0.05) is 36.4 Å². The summed E-state index contributed by atoms with van der Waals surface area (Å²) < 4.78 is 45.8. The number of hydrogen-bond donors (Lipinski definition) is 0. The molecule has 3 aromatic heterocycles. The summed E-state index contributed by atoms with van der Waals surface area (Å²) >= 11 is 0. The Morgan fingerprint density at radius 3 is 2.52 bits per heavy atom. The third-order valence-corrected chi connectivity index (χ3v) is 4.30. The van der Waals surface area contributed by atoms with Gasteiger partial charge in [0.1, 0.15) is 11.5 Å². The Morgan fingerprint density at radius 1 is 1.07 bits per heavy atom. The van der Waals surface area contributed by atoms with Gasteiger partial charge in [0.15, 0.2) is 0 Å². The minimum Gasteiger partial charge on any atom is -0.415 e. The fourth-order valence-electron chi connectivity index (χ4n) is 2.71. The molecule has 0 N–H and O–H groups in total. The molecule has 0 amide bonds. The van der Waals surface area contributed by atoms with Crippen molar-refractivity contribution < 1.29 is 17.6 Å². The third-order valence-electron chi connectivity index (χ3n) is 4.30. The molecule has 0 radical (unpaired) electrons. The molecule has 3 heterocycles. The summed E-state index contributed by atoms with van der Waals surface area (Å²) in [6.07, 6.45) is 1.03.